The van der Waals surface area contributed by atoms with E-state index in [9.17, 15) is 4.39 Å². The molecule has 2 rings (SSSR count). The molecular formula is C15H12BrFN2. The first-order chi connectivity index (χ1) is 9.15. The molecule has 0 heterocycles. The minimum Gasteiger partial charge on any atom is -0.354 e. The van der Waals surface area contributed by atoms with Gasteiger partial charge in [-0.1, -0.05) is 28.9 Å². The van der Waals surface area contributed by atoms with Crippen LogP contribution in [0.3, 0.4) is 0 Å². The normalized spacial score (nSPS) is 10.0. The lowest BCUT2D eigenvalue weighted by Crippen LogP contribution is -1.99. The molecule has 2 aromatic carbocycles. The zero-order valence-corrected chi connectivity index (χ0v) is 12.0. The Kier molecular flexibility index (Phi) is 4.18. The molecule has 0 radical (unpaired) electrons. The molecule has 19 heavy (non-hydrogen) atoms. The third-order valence-corrected chi connectivity index (χ3v) is 3.34. The van der Waals surface area contributed by atoms with Crippen LogP contribution in [0.25, 0.3) is 0 Å². The van der Waals surface area contributed by atoms with Crippen LogP contribution in [-0.4, -0.2) is 0 Å². The van der Waals surface area contributed by atoms with Crippen molar-refractivity contribution in [2.75, 3.05) is 5.32 Å². The van der Waals surface area contributed by atoms with Gasteiger partial charge in [0.15, 0.2) is 0 Å². The third-order valence-electron chi connectivity index (χ3n) is 2.84. The van der Waals surface area contributed by atoms with Crippen molar-refractivity contribution in [3.8, 4) is 6.07 Å². The lowest BCUT2D eigenvalue weighted by molar-refractivity contribution is 0.624. The molecule has 0 spiro atoms. The van der Waals surface area contributed by atoms with E-state index in [1.807, 2.05) is 31.2 Å². The van der Waals surface area contributed by atoms with Crippen molar-refractivity contribution < 1.29 is 4.39 Å². The summed E-state index contributed by atoms with van der Waals surface area (Å²) in [7, 11) is 0. The zero-order valence-electron chi connectivity index (χ0n) is 10.4. The van der Waals surface area contributed by atoms with E-state index in [0.717, 1.165) is 22.1 Å². The fraction of sp³-hybridized carbons (Fsp3) is 0.133. The minimum atomic E-state index is -0.511. The maximum Gasteiger partial charge on any atom is 0.143 e. The van der Waals surface area contributed by atoms with Gasteiger partial charge in [0.1, 0.15) is 17.4 Å². The van der Waals surface area contributed by atoms with Crippen molar-refractivity contribution in [3.05, 3.63) is 57.8 Å². The van der Waals surface area contributed by atoms with Crippen LogP contribution in [0, 0.1) is 17.1 Å². The van der Waals surface area contributed by atoms with Crippen LogP contribution in [0.15, 0.2) is 40.9 Å². The second-order valence-corrected chi connectivity index (χ2v) is 4.97. The van der Waals surface area contributed by atoms with E-state index in [2.05, 4.69) is 21.2 Å². The first kappa shape index (κ1) is 13.6. The SMILES string of the molecule is CCc1cc(Br)ccc1Nc1cccc(F)c1C#N. The number of benzene rings is 2. The Morgan fingerprint density at radius 2 is 2.05 bits per heavy atom. The Labute approximate surface area is 120 Å². The highest BCUT2D eigenvalue weighted by Gasteiger charge is 2.09. The topological polar surface area (TPSA) is 35.8 Å². The molecule has 4 heteroatoms. The van der Waals surface area contributed by atoms with E-state index in [-0.39, 0.29) is 5.56 Å². The highest BCUT2D eigenvalue weighted by atomic mass is 79.9. The van der Waals surface area contributed by atoms with Gasteiger partial charge in [0.05, 0.1) is 5.69 Å². The Hall–Kier alpha value is -1.86. The molecule has 0 unspecified atom stereocenters. The molecule has 0 aliphatic rings. The highest BCUT2D eigenvalue weighted by molar-refractivity contribution is 9.10. The number of aryl methyl sites for hydroxylation is 1. The van der Waals surface area contributed by atoms with Gasteiger partial charge in [-0.15, -0.1) is 0 Å². The molecule has 0 saturated carbocycles. The molecule has 96 valence electrons. The van der Waals surface area contributed by atoms with Crippen molar-refractivity contribution in [2.24, 2.45) is 0 Å². The average Bonchev–Trinajstić information content (AvgIpc) is 2.41. The minimum absolute atomic E-state index is 0.0347. The monoisotopic (exact) mass is 318 g/mol. The van der Waals surface area contributed by atoms with E-state index < -0.39 is 5.82 Å². The number of nitrogens with zero attached hydrogens (tertiary/aromatic N) is 1. The fourth-order valence-electron chi connectivity index (χ4n) is 1.86. The first-order valence-corrected chi connectivity index (χ1v) is 6.69. The van der Waals surface area contributed by atoms with Gasteiger partial charge in [-0.2, -0.15) is 5.26 Å². The van der Waals surface area contributed by atoms with Crippen molar-refractivity contribution in [2.45, 2.75) is 13.3 Å². The summed E-state index contributed by atoms with van der Waals surface area (Å²) in [5.41, 5.74) is 2.50. The predicted octanol–water partition coefficient (Wildman–Crippen LogP) is 4.77. The van der Waals surface area contributed by atoms with Crippen LogP contribution in [0.4, 0.5) is 15.8 Å². The van der Waals surface area contributed by atoms with Gasteiger partial charge >= 0.3 is 0 Å². The van der Waals surface area contributed by atoms with E-state index in [1.165, 1.54) is 6.07 Å². The van der Waals surface area contributed by atoms with Gasteiger partial charge in [0, 0.05) is 10.2 Å². The molecule has 0 aromatic heterocycles. The number of nitriles is 1. The fourth-order valence-corrected chi connectivity index (χ4v) is 2.27. The Morgan fingerprint density at radius 1 is 1.26 bits per heavy atom. The summed E-state index contributed by atoms with van der Waals surface area (Å²) in [6.45, 7) is 2.05. The van der Waals surface area contributed by atoms with Crippen LogP contribution in [0.2, 0.25) is 0 Å². The summed E-state index contributed by atoms with van der Waals surface area (Å²) in [6, 6.07) is 12.3. The van der Waals surface area contributed by atoms with Crippen LogP contribution in [0.5, 0.6) is 0 Å². The van der Waals surface area contributed by atoms with Crippen molar-refractivity contribution in [1.82, 2.24) is 0 Å². The standard InChI is InChI=1S/C15H12BrFN2/c1-2-10-8-11(16)6-7-14(10)19-15-5-3-4-13(17)12(15)9-18/h3-8,19H,2H2,1H3. The molecular weight excluding hydrogens is 307 g/mol. The molecule has 2 aromatic rings. The lowest BCUT2D eigenvalue weighted by atomic mass is 10.1. The summed E-state index contributed by atoms with van der Waals surface area (Å²) < 4.78 is 14.5. The number of hydrogen-bond acceptors (Lipinski definition) is 2. The molecule has 1 N–H and O–H groups in total. The molecule has 0 fully saturated rings. The quantitative estimate of drug-likeness (QED) is 0.885. The predicted molar refractivity (Wildman–Crippen MR) is 77.9 cm³/mol. The Bertz CT molecular complexity index is 647. The molecule has 0 saturated heterocycles. The largest absolute Gasteiger partial charge is 0.354 e. The molecule has 0 atom stereocenters. The molecule has 0 amide bonds. The van der Waals surface area contributed by atoms with Gasteiger partial charge in [0.25, 0.3) is 0 Å². The summed E-state index contributed by atoms with van der Waals surface area (Å²) in [5.74, 6) is -0.511. The number of halogens is 2. The maximum absolute atomic E-state index is 13.5. The van der Waals surface area contributed by atoms with Gasteiger partial charge in [0.2, 0.25) is 0 Å². The number of anilines is 2. The maximum atomic E-state index is 13.5. The number of nitrogens with one attached hydrogen (secondary N) is 1. The van der Waals surface area contributed by atoms with E-state index in [1.54, 1.807) is 12.1 Å². The average molecular weight is 319 g/mol. The number of hydrogen-bond donors (Lipinski definition) is 1. The molecule has 0 aliphatic carbocycles. The van der Waals surface area contributed by atoms with Crippen LogP contribution >= 0.6 is 15.9 Å². The van der Waals surface area contributed by atoms with E-state index in [4.69, 9.17) is 5.26 Å². The molecule has 2 nitrogen and oxygen atoms in total. The second-order valence-electron chi connectivity index (χ2n) is 4.05. The van der Waals surface area contributed by atoms with Gasteiger partial charge in [-0.25, -0.2) is 4.39 Å². The van der Waals surface area contributed by atoms with E-state index >= 15 is 0 Å². The van der Waals surface area contributed by atoms with Crippen molar-refractivity contribution in [1.29, 1.82) is 5.26 Å². The third kappa shape index (κ3) is 2.94. The van der Waals surface area contributed by atoms with Gasteiger partial charge in [-0.05, 0) is 42.3 Å². The Morgan fingerprint density at radius 3 is 2.74 bits per heavy atom. The zero-order chi connectivity index (χ0) is 13.8. The van der Waals surface area contributed by atoms with Crippen molar-refractivity contribution >= 4 is 27.3 Å². The highest BCUT2D eigenvalue weighted by Crippen LogP contribution is 2.27. The van der Waals surface area contributed by atoms with Crippen LogP contribution < -0.4 is 5.32 Å². The lowest BCUT2D eigenvalue weighted by Gasteiger charge is -2.12. The smallest absolute Gasteiger partial charge is 0.143 e. The summed E-state index contributed by atoms with van der Waals surface area (Å²) in [6.07, 6.45) is 0.846. The van der Waals surface area contributed by atoms with E-state index in [0.29, 0.717) is 5.69 Å². The molecule has 0 aliphatic heterocycles. The first-order valence-electron chi connectivity index (χ1n) is 5.89. The second kappa shape index (κ2) is 5.85. The van der Waals surface area contributed by atoms with Crippen molar-refractivity contribution in [3.63, 3.8) is 0 Å². The number of rotatable bonds is 3. The van der Waals surface area contributed by atoms with Gasteiger partial charge in [-0.3, -0.25) is 0 Å². The summed E-state index contributed by atoms with van der Waals surface area (Å²) >= 11 is 3.42. The molecule has 0 bridgehead atoms. The summed E-state index contributed by atoms with van der Waals surface area (Å²) in [4.78, 5) is 0. The van der Waals surface area contributed by atoms with Gasteiger partial charge < -0.3 is 5.32 Å². The summed E-state index contributed by atoms with van der Waals surface area (Å²) in [5, 5.41) is 12.1. The Balaban J connectivity index is 2.42. The van der Waals surface area contributed by atoms with Crippen LogP contribution in [-0.2, 0) is 6.42 Å². The van der Waals surface area contributed by atoms with Crippen LogP contribution in [0.1, 0.15) is 18.1 Å².